The van der Waals surface area contributed by atoms with E-state index in [0.29, 0.717) is 0 Å². The molecular weight excluding hydrogens is 256 g/mol. The van der Waals surface area contributed by atoms with E-state index < -0.39 is 0 Å². The zero-order valence-corrected chi connectivity index (χ0v) is 11.9. The van der Waals surface area contributed by atoms with Gasteiger partial charge in [-0.15, -0.1) is 0 Å². The minimum atomic E-state index is 0.286. The molecule has 1 aromatic heterocycles. The average molecular weight is 274 g/mol. The number of H-pyrrole nitrogens is 1. The van der Waals surface area contributed by atoms with Crippen LogP contribution in [0.4, 0.5) is 5.69 Å². The van der Waals surface area contributed by atoms with E-state index in [0.717, 1.165) is 27.6 Å². The Kier molecular flexibility index (Phi) is 4.58. The van der Waals surface area contributed by atoms with Gasteiger partial charge in [0, 0.05) is 29.5 Å². The van der Waals surface area contributed by atoms with Gasteiger partial charge >= 0.3 is 0 Å². The molecule has 0 aliphatic heterocycles. The molecule has 100 valence electrons. The lowest BCUT2D eigenvalue weighted by atomic mass is 10.1. The number of rotatable bonds is 5. The van der Waals surface area contributed by atoms with Crippen LogP contribution in [-0.4, -0.2) is 16.6 Å². The van der Waals surface area contributed by atoms with Gasteiger partial charge in [0.2, 0.25) is 0 Å². The lowest BCUT2D eigenvalue weighted by Crippen LogP contribution is -1.98. The van der Waals surface area contributed by atoms with Crippen LogP contribution in [0.1, 0.15) is 19.4 Å². The third-order valence-electron chi connectivity index (χ3n) is 2.65. The molecule has 2 aromatic rings. The van der Waals surface area contributed by atoms with Crippen LogP contribution in [0.25, 0.3) is 6.08 Å². The fourth-order valence-corrected chi connectivity index (χ4v) is 2.69. The van der Waals surface area contributed by atoms with Gasteiger partial charge in [-0.25, -0.2) is 0 Å². The van der Waals surface area contributed by atoms with Gasteiger partial charge in [0.25, 0.3) is 0 Å². The summed E-state index contributed by atoms with van der Waals surface area (Å²) in [4.78, 5) is 4.83. The van der Waals surface area contributed by atoms with Crippen LogP contribution in [0, 0.1) is 0 Å². The highest BCUT2D eigenvalue weighted by molar-refractivity contribution is 7.99. The molecule has 1 heterocycles. The van der Waals surface area contributed by atoms with Crippen molar-refractivity contribution in [1.29, 1.82) is 0 Å². The van der Waals surface area contributed by atoms with E-state index in [-0.39, 0.29) is 5.75 Å². The summed E-state index contributed by atoms with van der Waals surface area (Å²) in [6, 6.07) is 6.25. The van der Waals surface area contributed by atoms with Crippen LogP contribution >= 0.6 is 11.8 Å². The van der Waals surface area contributed by atoms with Crippen molar-refractivity contribution in [1.82, 2.24) is 4.98 Å². The molecule has 0 unspecified atom stereocenters. The summed E-state index contributed by atoms with van der Waals surface area (Å²) in [5.41, 5.74) is 2.28. The zero-order chi connectivity index (χ0) is 13.7. The standard InChI is InChI=1S/C15H18N2OS/c1-3-5-11-8-12(6-7-13(11)17-4-2)19-15-10-16-9-14(15)18/h3,5-10,16-18H,4H2,1-2H3/b5-3+. The van der Waals surface area contributed by atoms with Crippen molar-refractivity contribution in [2.45, 2.75) is 23.6 Å². The average Bonchev–Trinajstić information content (AvgIpc) is 2.79. The van der Waals surface area contributed by atoms with Gasteiger partial charge in [-0.2, -0.15) is 0 Å². The van der Waals surface area contributed by atoms with Crippen LogP contribution in [0.5, 0.6) is 5.75 Å². The van der Waals surface area contributed by atoms with Crippen molar-refractivity contribution < 1.29 is 5.11 Å². The molecule has 0 bridgehead atoms. The predicted octanol–water partition coefficient (Wildman–Crippen LogP) is 4.34. The number of aromatic hydroxyl groups is 1. The number of hydrogen-bond acceptors (Lipinski definition) is 3. The third kappa shape index (κ3) is 3.35. The number of aromatic nitrogens is 1. The highest BCUT2D eigenvalue weighted by Gasteiger charge is 2.06. The summed E-state index contributed by atoms with van der Waals surface area (Å²) in [6.07, 6.45) is 7.49. The fourth-order valence-electron chi connectivity index (χ4n) is 1.82. The van der Waals surface area contributed by atoms with Crippen LogP contribution in [-0.2, 0) is 0 Å². The maximum Gasteiger partial charge on any atom is 0.146 e. The van der Waals surface area contributed by atoms with Crippen molar-refractivity contribution in [2.75, 3.05) is 11.9 Å². The second kappa shape index (κ2) is 6.38. The molecule has 0 fully saturated rings. The normalized spacial score (nSPS) is 11.1. The van der Waals surface area contributed by atoms with Gasteiger partial charge in [-0.05, 0) is 37.6 Å². The Balaban J connectivity index is 2.27. The molecule has 0 amide bonds. The molecule has 0 aliphatic rings. The van der Waals surface area contributed by atoms with Gasteiger partial charge in [0.1, 0.15) is 5.75 Å². The maximum atomic E-state index is 9.64. The molecule has 0 saturated carbocycles. The van der Waals surface area contributed by atoms with E-state index >= 15 is 0 Å². The molecule has 19 heavy (non-hydrogen) atoms. The first kappa shape index (κ1) is 13.6. The monoisotopic (exact) mass is 274 g/mol. The van der Waals surface area contributed by atoms with Gasteiger partial charge < -0.3 is 15.4 Å². The lowest BCUT2D eigenvalue weighted by Gasteiger charge is -2.09. The number of aromatic amines is 1. The third-order valence-corrected chi connectivity index (χ3v) is 3.69. The van der Waals surface area contributed by atoms with E-state index in [2.05, 4.69) is 41.5 Å². The highest BCUT2D eigenvalue weighted by Crippen LogP contribution is 2.35. The van der Waals surface area contributed by atoms with Crippen molar-refractivity contribution in [3.8, 4) is 5.75 Å². The van der Waals surface area contributed by atoms with Crippen molar-refractivity contribution in [2.24, 2.45) is 0 Å². The summed E-state index contributed by atoms with van der Waals surface area (Å²) in [5, 5.41) is 13.0. The predicted molar refractivity (Wildman–Crippen MR) is 81.9 cm³/mol. The quantitative estimate of drug-likeness (QED) is 0.760. The molecule has 0 aliphatic carbocycles. The van der Waals surface area contributed by atoms with E-state index in [9.17, 15) is 5.11 Å². The van der Waals surface area contributed by atoms with Gasteiger partial charge in [-0.1, -0.05) is 23.9 Å². The Morgan fingerprint density at radius 1 is 1.37 bits per heavy atom. The first-order valence-electron chi connectivity index (χ1n) is 6.28. The Morgan fingerprint density at radius 3 is 2.84 bits per heavy atom. The molecule has 0 atom stereocenters. The molecule has 3 nitrogen and oxygen atoms in total. The molecule has 1 aromatic carbocycles. The first-order valence-corrected chi connectivity index (χ1v) is 7.10. The largest absolute Gasteiger partial charge is 0.505 e. The van der Waals surface area contributed by atoms with Crippen LogP contribution in [0.3, 0.4) is 0 Å². The Bertz CT molecular complexity index is 575. The van der Waals surface area contributed by atoms with E-state index in [4.69, 9.17) is 0 Å². The second-order valence-electron chi connectivity index (χ2n) is 4.09. The van der Waals surface area contributed by atoms with Crippen molar-refractivity contribution in [3.63, 3.8) is 0 Å². The molecule has 2 rings (SSSR count). The Hall–Kier alpha value is -1.81. The van der Waals surface area contributed by atoms with Crippen LogP contribution < -0.4 is 5.32 Å². The van der Waals surface area contributed by atoms with Crippen LogP contribution in [0.15, 0.2) is 46.5 Å². The molecule has 0 saturated heterocycles. The highest BCUT2D eigenvalue weighted by atomic mass is 32.2. The Labute approximate surface area is 117 Å². The van der Waals surface area contributed by atoms with E-state index in [1.807, 2.05) is 13.0 Å². The van der Waals surface area contributed by atoms with Gasteiger partial charge in [0.05, 0.1) is 4.90 Å². The minimum Gasteiger partial charge on any atom is -0.505 e. The Morgan fingerprint density at radius 2 is 2.21 bits per heavy atom. The summed E-state index contributed by atoms with van der Waals surface area (Å²) in [5.74, 6) is 0.286. The SMILES string of the molecule is C/C=C/c1cc(Sc2c[nH]cc2O)ccc1NCC. The van der Waals surface area contributed by atoms with Crippen molar-refractivity contribution in [3.05, 3.63) is 42.2 Å². The number of hydrogen-bond donors (Lipinski definition) is 3. The smallest absolute Gasteiger partial charge is 0.146 e. The summed E-state index contributed by atoms with van der Waals surface area (Å²) in [6.45, 7) is 4.99. The first-order chi connectivity index (χ1) is 9.24. The summed E-state index contributed by atoms with van der Waals surface area (Å²) in [7, 11) is 0. The number of allylic oxidation sites excluding steroid dienone is 1. The number of benzene rings is 1. The van der Waals surface area contributed by atoms with E-state index in [1.165, 1.54) is 0 Å². The van der Waals surface area contributed by atoms with Gasteiger partial charge in [0.15, 0.2) is 0 Å². The summed E-state index contributed by atoms with van der Waals surface area (Å²) >= 11 is 1.54. The summed E-state index contributed by atoms with van der Waals surface area (Å²) < 4.78 is 0. The van der Waals surface area contributed by atoms with E-state index in [1.54, 1.807) is 24.2 Å². The zero-order valence-electron chi connectivity index (χ0n) is 11.1. The second-order valence-corrected chi connectivity index (χ2v) is 5.20. The molecule has 0 spiro atoms. The maximum absolute atomic E-state index is 9.64. The van der Waals surface area contributed by atoms with Gasteiger partial charge in [-0.3, -0.25) is 0 Å². The number of anilines is 1. The lowest BCUT2D eigenvalue weighted by molar-refractivity contribution is 0.464. The fraction of sp³-hybridized carbons (Fsp3) is 0.200. The molecule has 0 radical (unpaired) electrons. The molecule has 3 N–H and O–H groups in total. The minimum absolute atomic E-state index is 0.286. The topological polar surface area (TPSA) is 48.0 Å². The molecular formula is C15H18N2OS. The van der Waals surface area contributed by atoms with Crippen molar-refractivity contribution >= 4 is 23.5 Å². The number of nitrogens with one attached hydrogen (secondary N) is 2. The van der Waals surface area contributed by atoms with Crippen LogP contribution in [0.2, 0.25) is 0 Å². The molecule has 4 heteroatoms.